The molecule has 0 saturated heterocycles. The number of aromatic hydroxyl groups is 1. The van der Waals surface area contributed by atoms with Gasteiger partial charge in [-0.15, -0.1) is 0 Å². The van der Waals surface area contributed by atoms with E-state index in [1.54, 1.807) is 19.1 Å². The molecule has 0 radical (unpaired) electrons. The van der Waals surface area contributed by atoms with Crippen LogP contribution in [0.3, 0.4) is 0 Å². The number of methoxy groups -OCH3 is 1. The summed E-state index contributed by atoms with van der Waals surface area (Å²) < 4.78 is 5.24. The second kappa shape index (κ2) is 6.74. The molecule has 0 aliphatic heterocycles. The Morgan fingerprint density at radius 2 is 2.10 bits per heavy atom. The van der Waals surface area contributed by atoms with Crippen molar-refractivity contribution in [2.24, 2.45) is 0 Å². The minimum Gasteiger partial charge on any atom is -0.507 e. The molecule has 0 saturated carbocycles. The van der Waals surface area contributed by atoms with E-state index in [0.29, 0.717) is 10.9 Å². The minimum atomic E-state index is -1.08. The number of amides is 1. The van der Waals surface area contributed by atoms with E-state index in [9.17, 15) is 14.7 Å². The van der Waals surface area contributed by atoms with Crippen molar-refractivity contribution in [2.75, 3.05) is 7.11 Å². The van der Waals surface area contributed by atoms with Crippen molar-refractivity contribution in [1.29, 1.82) is 0 Å². The number of halogens is 1. The Labute approximate surface area is 126 Å². The van der Waals surface area contributed by atoms with E-state index < -0.39 is 17.4 Å². The third kappa shape index (κ3) is 3.72. The Hall–Kier alpha value is -1.56. The van der Waals surface area contributed by atoms with Crippen molar-refractivity contribution >= 4 is 27.8 Å². The third-order valence-electron chi connectivity index (χ3n) is 2.98. The van der Waals surface area contributed by atoms with Gasteiger partial charge >= 0.3 is 5.97 Å². The zero-order valence-electron chi connectivity index (χ0n) is 11.7. The molecule has 6 heteroatoms. The predicted molar refractivity (Wildman–Crippen MR) is 78.6 cm³/mol. The number of esters is 1. The summed E-state index contributed by atoms with van der Waals surface area (Å²) in [6.45, 7) is 3.54. The van der Waals surface area contributed by atoms with E-state index in [0.717, 1.165) is 6.42 Å². The maximum atomic E-state index is 12.2. The molecule has 20 heavy (non-hydrogen) atoms. The van der Waals surface area contributed by atoms with Gasteiger partial charge in [-0.2, -0.15) is 0 Å². The molecular formula is C14H18BrNO4. The molecule has 1 atom stereocenters. The van der Waals surface area contributed by atoms with Crippen LogP contribution in [0.5, 0.6) is 5.75 Å². The van der Waals surface area contributed by atoms with Gasteiger partial charge in [0.15, 0.2) is 0 Å². The first-order valence-electron chi connectivity index (χ1n) is 6.23. The minimum absolute atomic E-state index is 0.0343. The number of carbonyl (C=O) groups excluding carboxylic acids is 2. The van der Waals surface area contributed by atoms with Crippen LogP contribution in [-0.4, -0.2) is 29.6 Å². The summed E-state index contributed by atoms with van der Waals surface area (Å²) in [5.41, 5.74) is -0.805. The average molecular weight is 344 g/mol. The van der Waals surface area contributed by atoms with E-state index in [1.165, 1.54) is 13.2 Å². The number of hydrogen-bond donors (Lipinski definition) is 2. The van der Waals surface area contributed by atoms with E-state index in [-0.39, 0.29) is 11.3 Å². The Kier molecular flexibility index (Phi) is 5.56. The molecule has 0 bridgehead atoms. The van der Waals surface area contributed by atoms with E-state index >= 15 is 0 Å². The number of rotatable bonds is 5. The fourth-order valence-electron chi connectivity index (χ4n) is 1.92. The van der Waals surface area contributed by atoms with Crippen LogP contribution in [0, 0.1) is 0 Å². The summed E-state index contributed by atoms with van der Waals surface area (Å²) in [4.78, 5) is 24.0. The first-order chi connectivity index (χ1) is 9.34. The highest BCUT2D eigenvalue weighted by molar-refractivity contribution is 9.10. The van der Waals surface area contributed by atoms with Gasteiger partial charge in [-0.3, -0.25) is 4.79 Å². The maximum absolute atomic E-state index is 12.2. The standard InChI is InChI=1S/C14H18BrNO4/c1-4-7-14(2,13(19)20-3)16-12(18)9-5-6-10(15)11(17)8-9/h5-6,8,17H,4,7H2,1-3H3,(H,16,18). The molecular weight excluding hydrogens is 326 g/mol. The Bertz CT molecular complexity index is 518. The fourth-order valence-corrected chi connectivity index (χ4v) is 2.16. The van der Waals surface area contributed by atoms with E-state index in [2.05, 4.69) is 21.2 Å². The second-order valence-electron chi connectivity index (χ2n) is 4.69. The molecule has 0 fully saturated rings. The van der Waals surface area contributed by atoms with Crippen molar-refractivity contribution in [3.8, 4) is 5.75 Å². The zero-order valence-corrected chi connectivity index (χ0v) is 13.3. The van der Waals surface area contributed by atoms with Gasteiger partial charge in [0.2, 0.25) is 0 Å². The quantitative estimate of drug-likeness (QED) is 0.805. The second-order valence-corrected chi connectivity index (χ2v) is 5.55. The van der Waals surface area contributed by atoms with Crippen molar-refractivity contribution in [1.82, 2.24) is 5.32 Å². The van der Waals surface area contributed by atoms with Crippen LogP contribution in [-0.2, 0) is 9.53 Å². The molecule has 5 nitrogen and oxygen atoms in total. The number of benzene rings is 1. The number of carbonyl (C=O) groups is 2. The number of hydrogen-bond acceptors (Lipinski definition) is 4. The number of phenolic OH excluding ortho intramolecular Hbond substituents is 1. The van der Waals surface area contributed by atoms with Crippen LogP contribution < -0.4 is 5.32 Å². The largest absolute Gasteiger partial charge is 0.507 e. The predicted octanol–water partition coefficient (Wildman–Crippen LogP) is 2.62. The summed E-state index contributed by atoms with van der Waals surface area (Å²) in [6, 6.07) is 4.46. The first-order valence-corrected chi connectivity index (χ1v) is 7.02. The molecule has 1 amide bonds. The van der Waals surface area contributed by atoms with Gasteiger partial charge in [0.05, 0.1) is 11.6 Å². The first kappa shape index (κ1) is 16.5. The molecule has 1 aromatic carbocycles. The summed E-state index contributed by atoms with van der Waals surface area (Å²) in [6.07, 6.45) is 1.19. The summed E-state index contributed by atoms with van der Waals surface area (Å²) >= 11 is 3.14. The van der Waals surface area contributed by atoms with Crippen molar-refractivity contribution in [3.63, 3.8) is 0 Å². The van der Waals surface area contributed by atoms with Crippen LogP contribution in [0.1, 0.15) is 37.0 Å². The molecule has 0 aromatic heterocycles. The molecule has 2 N–H and O–H groups in total. The lowest BCUT2D eigenvalue weighted by Gasteiger charge is -2.27. The van der Waals surface area contributed by atoms with Gasteiger partial charge in [0.1, 0.15) is 11.3 Å². The fraction of sp³-hybridized carbons (Fsp3) is 0.429. The summed E-state index contributed by atoms with van der Waals surface area (Å²) in [5.74, 6) is -0.962. The Morgan fingerprint density at radius 1 is 1.45 bits per heavy atom. The van der Waals surface area contributed by atoms with Gasteiger partial charge in [-0.25, -0.2) is 4.79 Å². The Morgan fingerprint density at radius 3 is 2.60 bits per heavy atom. The van der Waals surface area contributed by atoms with Gasteiger partial charge in [-0.05, 0) is 47.5 Å². The number of phenols is 1. The molecule has 0 heterocycles. The zero-order chi connectivity index (χ0) is 15.3. The average Bonchev–Trinajstić information content (AvgIpc) is 2.40. The van der Waals surface area contributed by atoms with Crippen LogP contribution in [0.15, 0.2) is 22.7 Å². The van der Waals surface area contributed by atoms with E-state index in [4.69, 9.17) is 4.74 Å². The SMILES string of the molecule is CCCC(C)(NC(=O)c1ccc(Br)c(O)c1)C(=O)OC. The lowest BCUT2D eigenvalue weighted by atomic mass is 9.95. The number of ether oxygens (including phenoxy) is 1. The topological polar surface area (TPSA) is 75.6 Å². The van der Waals surface area contributed by atoms with Gasteiger partial charge in [0.25, 0.3) is 5.91 Å². The highest BCUT2D eigenvalue weighted by atomic mass is 79.9. The molecule has 1 rings (SSSR count). The lowest BCUT2D eigenvalue weighted by molar-refractivity contribution is -0.147. The van der Waals surface area contributed by atoms with Crippen molar-refractivity contribution in [2.45, 2.75) is 32.2 Å². The van der Waals surface area contributed by atoms with Crippen molar-refractivity contribution in [3.05, 3.63) is 28.2 Å². The Balaban J connectivity index is 2.96. The van der Waals surface area contributed by atoms with Crippen LogP contribution >= 0.6 is 15.9 Å². The maximum Gasteiger partial charge on any atom is 0.331 e. The summed E-state index contributed by atoms with van der Waals surface area (Å²) in [7, 11) is 1.29. The van der Waals surface area contributed by atoms with Gasteiger partial charge in [0, 0.05) is 5.56 Å². The monoisotopic (exact) mass is 343 g/mol. The molecule has 110 valence electrons. The molecule has 0 aliphatic carbocycles. The molecule has 0 spiro atoms. The molecule has 1 unspecified atom stereocenters. The number of nitrogens with one attached hydrogen (secondary N) is 1. The van der Waals surface area contributed by atoms with Crippen LogP contribution in [0.25, 0.3) is 0 Å². The highest BCUT2D eigenvalue weighted by Gasteiger charge is 2.35. The lowest BCUT2D eigenvalue weighted by Crippen LogP contribution is -2.52. The van der Waals surface area contributed by atoms with Crippen LogP contribution in [0.4, 0.5) is 0 Å². The molecule has 0 aliphatic rings. The highest BCUT2D eigenvalue weighted by Crippen LogP contribution is 2.25. The van der Waals surface area contributed by atoms with Gasteiger partial charge in [-0.1, -0.05) is 13.3 Å². The molecule has 1 aromatic rings. The van der Waals surface area contributed by atoms with Crippen molar-refractivity contribution < 1.29 is 19.4 Å². The van der Waals surface area contributed by atoms with Gasteiger partial charge < -0.3 is 15.2 Å². The van der Waals surface area contributed by atoms with E-state index in [1.807, 2.05) is 6.92 Å². The smallest absolute Gasteiger partial charge is 0.331 e. The third-order valence-corrected chi connectivity index (χ3v) is 3.65. The summed E-state index contributed by atoms with van der Waals surface area (Å²) in [5, 5.41) is 12.3. The van der Waals surface area contributed by atoms with Crippen LogP contribution in [0.2, 0.25) is 0 Å². The normalized spacial score (nSPS) is 13.4.